The summed E-state index contributed by atoms with van der Waals surface area (Å²) < 4.78 is 41.3. The Balaban J connectivity index is 0.00000101. The summed E-state index contributed by atoms with van der Waals surface area (Å²) in [5.74, 6) is 0.335. The molecule has 3 aromatic rings. The summed E-state index contributed by atoms with van der Waals surface area (Å²) in [6.07, 6.45) is 6.00. The molecule has 1 fully saturated rings. The molecule has 4 nitrogen and oxygen atoms in total. The number of methoxy groups -OCH3 is 1. The van der Waals surface area contributed by atoms with Gasteiger partial charge in [0.15, 0.2) is 0 Å². The van der Waals surface area contributed by atoms with E-state index >= 15 is 4.39 Å². The zero-order chi connectivity index (χ0) is 29.3. The van der Waals surface area contributed by atoms with Crippen LogP contribution in [-0.2, 0) is 24.2 Å². The quantitative estimate of drug-likeness (QED) is 0.244. The van der Waals surface area contributed by atoms with Gasteiger partial charge < -0.3 is 14.6 Å². The summed E-state index contributed by atoms with van der Waals surface area (Å²) in [5, 5.41) is 8.91. The predicted octanol–water partition coefficient (Wildman–Crippen LogP) is 9.02. The van der Waals surface area contributed by atoms with E-state index in [9.17, 15) is 9.18 Å². The van der Waals surface area contributed by atoms with Gasteiger partial charge >= 0.3 is 5.97 Å². The molecule has 1 N–H and O–H groups in total. The lowest BCUT2D eigenvalue weighted by Gasteiger charge is -2.26. The maximum absolute atomic E-state index is 15.3. The van der Waals surface area contributed by atoms with E-state index in [-0.39, 0.29) is 18.4 Å². The van der Waals surface area contributed by atoms with E-state index in [0.717, 1.165) is 29.9 Å². The highest BCUT2D eigenvalue weighted by Gasteiger charge is 2.23. The minimum absolute atomic E-state index is 0.00367. The second-order valence-corrected chi connectivity index (χ2v) is 11.5. The first-order chi connectivity index (χ1) is 19.0. The molecule has 0 unspecified atom stereocenters. The predicted molar refractivity (Wildman–Crippen MR) is 156 cm³/mol. The van der Waals surface area contributed by atoms with Crippen molar-refractivity contribution in [1.82, 2.24) is 0 Å². The first-order valence-electron chi connectivity index (χ1n) is 14.1. The molecule has 216 valence electrons. The largest absolute Gasteiger partial charge is 0.497 e. The van der Waals surface area contributed by atoms with Crippen LogP contribution in [0.15, 0.2) is 54.6 Å². The Hall–Kier alpha value is -3.41. The number of benzene rings is 3. The molecule has 0 bridgehead atoms. The lowest BCUT2D eigenvalue weighted by atomic mass is 9.79. The maximum Gasteiger partial charge on any atom is 0.303 e. The second kappa shape index (κ2) is 14.3. The van der Waals surface area contributed by atoms with Crippen molar-refractivity contribution in [3.8, 4) is 22.6 Å². The summed E-state index contributed by atoms with van der Waals surface area (Å²) in [6.45, 7) is 8.71. The Morgan fingerprint density at radius 3 is 2.33 bits per heavy atom. The number of hydrogen-bond acceptors (Lipinski definition) is 3. The van der Waals surface area contributed by atoms with E-state index in [2.05, 4.69) is 27.7 Å². The highest BCUT2D eigenvalue weighted by Crippen LogP contribution is 2.37. The third kappa shape index (κ3) is 9.65. The number of ether oxygens (including phenoxy) is 2. The Kier molecular flexibility index (Phi) is 11.1. The number of carboxylic acids is 1. The zero-order valence-corrected chi connectivity index (χ0v) is 24.4. The number of aliphatic carboxylic acids is 1. The Bertz CT molecular complexity index is 1280. The minimum Gasteiger partial charge on any atom is -0.497 e. The highest BCUT2D eigenvalue weighted by atomic mass is 19.1. The van der Waals surface area contributed by atoms with Crippen molar-refractivity contribution in [3.05, 3.63) is 82.9 Å². The number of aryl methyl sites for hydroxylation is 1. The Labute approximate surface area is 237 Å². The fraction of sp³-hybridized carbons (Fsp3) is 0.441. The van der Waals surface area contributed by atoms with Crippen LogP contribution in [0.3, 0.4) is 0 Å². The molecular weight excluding hydrogens is 510 g/mol. The molecule has 1 aliphatic rings. The van der Waals surface area contributed by atoms with Crippen LogP contribution in [0.25, 0.3) is 11.1 Å². The van der Waals surface area contributed by atoms with Gasteiger partial charge in [-0.1, -0.05) is 59.1 Å². The van der Waals surface area contributed by atoms with E-state index in [0.29, 0.717) is 41.0 Å². The molecule has 3 aromatic carbocycles. The maximum atomic E-state index is 15.3. The number of carboxylic acid groups (broad SMARTS) is 1. The average molecular weight is 553 g/mol. The van der Waals surface area contributed by atoms with Crippen molar-refractivity contribution < 1.29 is 28.2 Å². The van der Waals surface area contributed by atoms with Crippen molar-refractivity contribution in [1.29, 1.82) is 0 Å². The SMILES string of the molecule is CC1CC1.CCCC(C)(C)Cc1cc(COc2cccc(CCC(=O)O)c2)c(F)cc1-c1cc(OC)ccc1F. The third-order valence-electron chi connectivity index (χ3n) is 7.12. The van der Waals surface area contributed by atoms with E-state index in [4.69, 9.17) is 14.6 Å². The fourth-order valence-electron chi connectivity index (χ4n) is 4.67. The third-order valence-corrected chi connectivity index (χ3v) is 7.12. The molecule has 1 aliphatic carbocycles. The van der Waals surface area contributed by atoms with Gasteiger partial charge in [-0.2, -0.15) is 0 Å². The monoisotopic (exact) mass is 552 g/mol. The first-order valence-corrected chi connectivity index (χ1v) is 14.1. The van der Waals surface area contributed by atoms with E-state index in [1.807, 2.05) is 6.07 Å². The van der Waals surface area contributed by atoms with Gasteiger partial charge in [0.1, 0.15) is 29.7 Å². The lowest BCUT2D eigenvalue weighted by Crippen LogP contribution is -2.16. The Morgan fingerprint density at radius 1 is 0.975 bits per heavy atom. The van der Waals surface area contributed by atoms with Gasteiger partial charge in [-0.15, -0.1) is 0 Å². The van der Waals surface area contributed by atoms with Gasteiger partial charge in [0.05, 0.1) is 7.11 Å². The topological polar surface area (TPSA) is 55.8 Å². The van der Waals surface area contributed by atoms with Crippen molar-refractivity contribution in [2.24, 2.45) is 11.3 Å². The van der Waals surface area contributed by atoms with Gasteiger partial charge in [0, 0.05) is 17.5 Å². The smallest absolute Gasteiger partial charge is 0.303 e. The number of halogens is 2. The van der Waals surface area contributed by atoms with Gasteiger partial charge in [-0.3, -0.25) is 4.79 Å². The van der Waals surface area contributed by atoms with Crippen LogP contribution >= 0.6 is 0 Å². The van der Waals surface area contributed by atoms with Crippen LogP contribution in [0, 0.1) is 23.0 Å². The molecule has 6 heteroatoms. The first kappa shape index (κ1) is 31.1. The summed E-state index contributed by atoms with van der Waals surface area (Å²) in [7, 11) is 1.51. The molecular formula is C34H42F2O4. The number of carbonyl (C=O) groups is 1. The summed E-state index contributed by atoms with van der Waals surface area (Å²) >= 11 is 0. The highest BCUT2D eigenvalue weighted by molar-refractivity contribution is 5.70. The summed E-state index contributed by atoms with van der Waals surface area (Å²) in [4.78, 5) is 10.9. The molecule has 0 spiro atoms. The van der Waals surface area contributed by atoms with Crippen molar-refractivity contribution >= 4 is 5.97 Å². The van der Waals surface area contributed by atoms with Crippen molar-refractivity contribution in [2.45, 2.75) is 79.2 Å². The van der Waals surface area contributed by atoms with E-state index in [1.165, 1.54) is 32.1 Å². The zero-order valence-electron chi connectivity index (χ0n) is 24.4. The second-order valence-electron chi connectivity index (χ2n) is 11.5. The van der Waals surface area contributed by atoms with Crippen LogP contribution in [0.4, 0.5) is 8.78 Å². The molecule has 0 radical (unpaired) electrons. The van der Waals surface area contributed by atoms with Crippen molar-refractivity contribution in [3.63, 3.8) is 0 Å². The fourth-order valence-corrected chi connectivity index (χ4v) is 4.67. The van der Waals surface area contributed by atoms with Gasteiger partial charge in [-0.05, 0) is 89.8 Å². The lowest BCUT2D eigenvalue weighted by molar-refractivity contribution is -0.136. The molecule has 4 rings (SSSR count). The molecule has 1 saturated carbocycles. The molecule has 0 heterocycles. The average Bonchev–Trinajstić information content (AvgIpc) is 3.70. The van der Waals surface area contributed by atoms with Gasteiger partial charge in [0.2, 0.25) is 0 Å². The van der Waals surface area contributed by atoms with Crippen LogP contribution < -0.4 is 9.47 Å². The number of hydrogen-bond donors (Lipinski definition) is 1. The van der Waals surface area contributed by atoms with Crippen LogP contribution in [0.2, 0.25) is 0 Å². The summed E-state index contributed by atoms with van der Waals surface area (Å²) in [6, 6.07) is 14.8. The van der Waals surface area contributed by atoms with Gasteiger partial charge in [0.25, 0.3) is 0 Å². The molecule has 0 aromatic heterocycles. The Morgan fingerprint density at radius 2 is 1.70 bits per heavy atom. The summed E-state index contributed by atoms with van der Waals surface area (Å²) in [5.41, 5.74) is 2.80. The number of rotatable bonds is 12. The molecule has 0 atom stereocenters. The van der Waals surface area contributed by atoms with Crippen LogP contribution in [0.5, 0.6) is 11.5 Å². The molecule has 0 aliphatic heterocycles. The van der Waals surface area contributed by atoms with E-state index < -0.39 is 17.6 Å². The normalized spacial score (nSPS) is 12.9. The van der Waals surface area contributed by atoms with E-state index in [1.54, 1.807) is 36.4 Å². The standard InChI is InChI=1S/C30H34F2O4.C4H8/c1-5-13-30(2,3)18-21-15-22(19-36-24-8-6-7-20(14-24)9-12-29(33)34)28(32)17-25(21)26-16-23(35-4)10-11-27(26)31;1-4-2-3-4/h6-8,10-11,14-17H,5,9,12-13,18-19H2,1-4H3,(H,33,34);4H,2-3H2,1H3. The van der Waals surface area contributed by atoms with Gasteiger partial charge in [-0.25, -0.2) is 8.78 Å². The molecule has 0 saturated heterocycles. The molecule has 0 amide bonds. The minimum atomic E-state index is -0.866. The molecule has 40 heavy (non-hydrogen) atoms. The van der Waals surface area contributed by atoms with Crippen LogP contribution in [-0.4, -0.2) is 18.2 Å². The van der Waals surface area contributed by atoms with Crippen molar-refractivity contribution in [2.75, 3.05) is 7.11 Å². The van der Waals surface area contributed by atoms with Crippen LogP contribution in [0.1, 0.15) is 76.5 Å².